The van der Waals surface area contributed by atoms with Gasteiger partial charge in [-0.3, -0.25) is 9.80 Å². The van der Waals surface area contributed by atoms with Crippen LogP contribution < -0.4 is 4.72 Å². The zero-order valence-corrected chi connectivity index (χ0v) is 17.7. The molecule has 1 heterocycles. The number of hydrogen-bond donors (Lipinski definition) is 1. The van der Waals surface area contributed by atoms with Gasteiger partial charge in [0.2, 0.25) is 10.0 Å². The number of hydrogen-bond acceptors (Lipinski definition) is 5. The van der Waals surface area contributed by atoms with Crippen LogP contribution in [-0.4, -0.2) is 57.5 Å². The van der Waals surface area contributed by atoms with Crippen LogP contribution in [0.15, 0.2) is 59.5 Å². The molecule has 1 N–H and O–H groups in total. The number of nitrogens with one attached hydrogen (secondary N) is 1. The van der Waals surface area contributed by atoms with Crippen molar-refractivity contribution < 1.29 is 8.42 Å². The van der Waals surface area contributed by atoms with Crippen LogP contribution in [0.25, 0.3) is 0 Å². The van der Waals surface area contributed by atoms with E-state index in [9.17, 15) is 8.42 Å². The summed E-state index contributed by atoms with van der Waals surface area (Å²) in [6, 6.07) is 18.3. The fourth-order valence-electron chi connectivity index (χ4n) is 3.53. The Morgan fingerprint density at radius 2 is 1.69 bits per heavy atom. The molecule has 1 aliphatic rings. The molecule has 6 nitrogen and oxygen atoms in total. The number of rotatable bonds is 8. The van der Waals surface area contributed by atoms with Gasteiger partial charge in [-0.25, -0.2) is 13.1 Å². The van der Waals surface area contributed by atoms with E-state index in [1.54, 1.807) is 12.1 Å². The molecular formula is C21H25ClN4O2S. The van der Waals surface area contributed by atoms with Crippen molar-refractivity contribution >= 4 is 21.6 Å². The van der Waals surface area contributed by atoms with Crippen LogP contribution in [0, 0.1) is 11.3 Å². The Balaban J connectivity index is 1.70. The SMILES string of the molecule is N#CCCN1CCN([C@@H](CNS(=O)(=O)c2ccc(Cl)cc2)c2ccccc2)CC1. The molecule has 0 bridgehead atoms. The Hall–Kier alpha value is -1.95. The van der Waals surface area contributed by atoms with Crippen LogP contribution >= 0.6 is 11.6 Å². The lowest BCUT2D eigenvalue weighted by molar-refractivity contribution is 0.0984. The third-order valence-corrected chi connectivity index (χ3v) is 6.85. The van der Waals surface area contributed by atoms with Crippen LogP contribution in [0.2, 0.25) is 5.02 Å². The number of sulfonamides is 1. The third kappa shape index (κ3) is 6.01. The molecule has 2 aromatic carbocycles. The molecule has 2 aromatic rings. The molecule has 0 spiro atoms. The van der Waals surface area contributed by atoms with Crippen LogP contribution in [0.3, 0.4) is 0 Å². The van der Waals surface area contributed by atoms with Gasteiger partial charge in [0.1, 0.15) is 0 Å². The predicted octanol–water partition coefficient (Wildman–Crippen LogP) is 2.89. The molecule has 0 radical (unpaired) electrons. The van der Waals surface area contributed by atoms with Crippen molar-refractivity contribution in [3.05, 3.63) is 65.2 Å². The lowest BCUT2D eigenvalue weighted by Crippen LogP contribution is -2.49. The van der Waals surface area contributed by atoms with Gasteiger partial charge in [0, 0.05) is 56.8 Å². The first-order chi connectivity index (χ1) is 14.0. The first-order valence-electron chi connectivity index (χ1n) is 9.63. The molecule has 154 valence electrons. The van der Waals surface area contributed by atoms with Gasteiger partial charge in [-0.1, -0.05) is 41.9 Å². The summed E-state index contributed by atoms with van der Waals surface area (Å²) in [6.45, 7) is 4.46. The van der Waals surface area contributed by atoms with Crippen LogP contribution in [0.1, 0.15) is 18.0 Å². The molecule has 1 saturated heterocycles. The summed E-state index contributed by atoms with van der Waals surface area (Å²) < 4.78 is 28.2. The van der Waals surface area contributed by atoms with Gasteiger partial charge >= 0.3 is 0 Å². The molecule has 0 unspecified atom stereocenters. The van der Waals surface area contributed by atoms with Crippen molar-refractivity contribution in [2.75, 3.05) is 39.3 Å². The minimum atomic E-state index is -3.62. The third-order valence-electron chi connectivity index (χ3n) is 5.16. The van der Waals surface area contributed by atoms with Gasteiger partial charge < -0.3 is 0 Å². The average molecular weight is 433 g/mol. The fraction of sp³-hybridized carbons (Fsp3) is 0.381. The summed E-state index contributed by atoms with van der Waals surface area (Å²) in [6.07, 6.45) is 0.531. The van der Waals surface area contributed by atoms with Gasteiger partial charge in [-0.2, -0.15) is 5.26 Å². The summed E-state index contributed by atoms with van der Waals surface area (Å²) >= 11 is 5.87. The summed E-state index contributed by atoms with van der Waals surface area (Å²) in [5.74, 6) is 0. The van der Waals surface area contributed by atoms with E-state index in [-0.39, 0.29) is 17.5 Å². The standard InChI is InChI=1S/C21H25ClN4O2S/c22-19-7-9-20(10-8-19)29(27,28)24-17-21(18-5-2-1-3-6-18)26-15-13-25(14-16-26)12-4-11-23/h1-3,5-10,21,24H,4,12-17H2/t21-/m0/s1. The molecule has 1 aliphatic heterocycles. The smallest absolute Gasteiger partial charge is 0.240 e. The Labute approximate surface area is 177 Å². The van der Waals surface area contributed by atoms with E-state index < -0.39 is 10.0 Å². The number of nitrogens with zero attached hydrogens (tertiary/aromatic N) is 3. The highest BCUT2D eigenvalue weighted by Gasteiger charge is 2.26. The van der Waals surface area contributed by atoms with Crippen molar-refractivity contribution in [1.29, 1.82) is 5.26 Å². The van der Waals surface area contributed by atoms with Crippen LogP contribution in [0.4, 0.5) is 0 Å². The Kier molecular flexibility index (Phi) is 7.64. The second-order valence-electron chi connectivity index (χ2n) is 7.02. The van der Waals surface area contributed by atoms with Crippen molar-refractivity contribution in [2.45, 2.75) is 17.4 Å². The average Bonchev–Trinajstić information content (AvgIpc) is 2.74. The maximum atomic E-state index is 12.7. The summed E-state index contributed by atoms with van der Waals surface area (Å²) in [7, 11) is -3.62. The van der Waals surface area contributed by atoms with Gasteiger partial charge in [0.15, 0.2) is 0 Å². The zero-order chi connectivity index (χ0) is 20.7. The summed E-state index contributed by atoms with van der Waals surface area (Å²) in [5, 5.41) is 9.28. The zero-order valence-electron chi connectivity index (χ0n) is 16.2. The van der Waals surface area contributed by atoms with Gasteiger partial charge in [0.05, 0.1) is 11.0 Å². The molecule has 8 heteroatoms. The summed E-state index contributed by atoms with van der Waals surface area (Å²) in [4.78, 5) is 4.79. The molecule has 0 aliphatic carbocycles. The van der Waals surface area contributed by atoms with Crippen LogP contribution in [-0.2, 0) is 10.0 Å². The van der Waals surface area contributed by atoms with E-state index >= 15 is 0 Å². The molecule has 1 atom stereocenters. The first-order valence-corrected chi connectivity index (χ1v) is 11.5. The molecule has 29 heavy (non-hydrogen) atoms. The van der Waals surface area contributed by atoms with Crippen molar-refractivity contribution in [2.24, 2.45) is 0 Å². The highest BCUT2D eigenvalue weighted by molar-refractivity contribution is 7.89. The fourth-order valence-corrected chi connectivity index (χ4v) is 4.69. The van der Waals surface area contributed by atoms with E-state index in [2.05, 4.69) is 20.6 Å². The number of nitriles is 1. The highest BCUT2D eigenvalue weighted by Crippen LogP contribution is 2.23. The van der Waals surface area contributed by atoms with E-state index in [1.807, 2.05) is 30.3 Å². The molecule has 0 saturated carbocycles. The lowest BCUT2D eigenvalue weighted by atomic mass is 10.0. The van der Waals surface area contributed by atoms with Crippen molar-refractivity contribution in [3.8, 4) is 6.07 Å². The highest BCUT2D eigenvalue weighted by atomic mass is 35.5. The topological polar surface area (TPSA) is 76.4 Å². The van der Waals surface area contributed by atoms with Gasteiger partial charge in [-0.05, 0) is 29.8 Å². The quantitative estimate of drug-likeness (QED) is 0.694. The maximum absolute atomic E-state index is 12.7. The number of piperazine rings is 1. The second kappa shape index (κ2) is 10.2. The maximum Gasteiger partial charge on any atom is 0.240 e. The van der Waals surface area contributed by atoms with Gasteiger partial charge in [-0.15, -0.1) is 0 Å². The molecule has 0 aromatic heterocycles. The monoisotopic (exact) mass is 432 g/mol. The molecule has 1 fully saturated rings. The second-order valence-corrected chi connectivity index (χ2v) is 9.22. The summed E-state index contributed by atoms with van der Waals surface area (Å²) in [5.41, 5.74) is 1.08. The number of halogens is 1. The Bertz CT molecular complexity index is 921. The van der Waals surface area contributed by atoms with Crippen molar-refractivity contribution in [1.82, 2.24) is 14.5 Å². The predicted molar refractivity (Wildman–Crippen MR) is 114 cm³/mol. The van der Waals surface area contributed by atoms with Crippen molar-refractivity contribution in [3.63, 3.8) is 0 Å². The minimum absolute atomic E-state index is 0.0589. The van der Waals surface area contributed by atoms with E-state index in [4.69, 9.17) is 16.9 Å². The van der Waals surface area contributed by atoms with E-state index in [0.717, 1.165) is 38.3 Å². The molecule has 3 rings (SSSR count). The Morgan fingerprint density at radius 3 is 2.31 bits per heavy atom. The lowest BCUT2D eigenvalue weighted by Gasteiger charge is -2.39. The van der Waals surface area contributed by atoms with Gasteiger partial charge in [0.25, 0.3) is 0 Å². The Morgan fingerprint density at radius 1 is 1.03 bits per heavy atom. The van der Waals surface area contributed by atoms with Crippen LogP contribution in [0.5, 0.6) is 0 Å². The molecular weight excluding hydrogens is 408 g/mol. The van der Waals surface area contributed by atoms with E-state index in [1.165, 1.54) is 12.1 Å². The first kappa shape index (κ1) is 21.8. The minimum Gasteiger partial charge on any atom is -0.300 e. The number of benzene rings is 2. The largest absolute Gasteiger partial charge is 0.300 e. The normalized spacial score (nSPS) is 17.0. The van der Waals surface area contributed by atoms with E-state index in [0.29, 0.717) is 11.4 Å². The molecule has 0 amide bonds.